The van der Waals surface area contributed by atoms with Crippen molar-refractivity contribution < 1.29 is 14.3 Å². The Hall–Kier alpha value is -3.55. The molecule has 2 amide bonds. The number of likely N-dealkylation sites (tertiary alicyclic amines) is 1. The van der Waals surface area contributed by atoms with Crippen molar-refractivity contribution in [2.24, 2.45) is 5.92 Å². The highest BCUT2D eigenvalue weighted by molar-refractivity contribution is 5.81. The lowest BCUT2D eigenvalue weighted by Gasteiger charge is -2.40. The number of imidazole rings is 1. The number of H-pyrrole nitrogens is 1. The van der Waals surface area contributed by atoms with E-state index >= 15 is 0 Å². The molecule has 0 radical (unpaired) electrons. The molecule has 36 heavy (non-hydrogen) atoms. The Morgan fingerprint density at radius 1 is 0.972 bits per heavy atom. The number of piperazine rings is 1. The van der Waals surface area contributed by atoms with Gasteiger partial charge in [0.1, 0.15) is 11.4 Å². The molecule has 2 aliphatic rings. The lowest BCUT2D eigenvalue weighted by atomic mass is 9.96. The molecule has 0 aliphatic carbocycles. The molecule has 0 saturated carbocycles. The SMILES string of the molecule is CC(C)(C)OC(=O)N1CCC[C@@H](C(=O)N2CCN(c3cccc(-c4nc5ccccc5[nH]4)c3)CC2)C1. The summed E-state index contributed by atoms with van der Waals surface area (Å²) in [6.07, 6.45) is 1.32. The average Bonchev–Trinajstić information content (AvgIpc) is 3.32. The van der Waals surface area contributed by atoms with Crippen molar-refractivity contribution in [2.75, 3.05) is 44.2 Å². The summed E-state index contributed by atoms with van der Waals surface area (Å²) in [4.78, 5) is 39.9. The van der Waals surface area contributed by atoms with Crippen molar-refractivity contribution in [3.05, 3.63) is 48.5 Å². The number of anilines is 1. The fourth-order valence-electron chi connectivity index (χ4n) is 5.05. The van der Waals surface area contributed by atoms with Gasteiger partial charge in [0.25, 0.3) is 0 Å². The van der Waals surface area contributed by atoms with Crippen LogP contribution in [-0.4, -0.2) is 76.6 Å². The minimum atomic E-state index is -0.536. The first-order valence-corrected chi connectivity index (χ1v) is 12.8. The maximum absolute atomic E-state index is 13.3. The number of amides is 2. The van der Waals surface area contributed by atoms with E-state index in [1.54, 1.807) is 4.90 Å². The molecule has 2 aliphatic heterocycles. The van der Waals surface area contributed by atoms with Crippen LogP contribution in [0.1, 0.15) is 33.6 Å². The van der Waals surface area contributed by atoms with Gasteiger partial charge in [-0.2, -0.15) is 0 Å². The zero-order chi connectivity index (χ0) is 25.3. The van der Waals surface area contributed by atoms with Gasteiger partial charge < -0.3 is 24.4 Å². The fourth-order valence-corrected chi connectivity index (χ4v) is 5.05. The first-order valence-electron chi connectivity index (χ1n) is 12.8. The van der Waals surface area contributed by atoms with Gasteiger partial charge in [0, 0.05) is 50.5 Å². The second-order valence-corrected chi connectivity index (χ2v) is 10.7. The van der Waals surface area contributed by atoms with E-state index in [4.69, 9.17) is 9.72 Å². The van der Waals surface area contributed by atoms with Gasteiger partial charge in [-0.05, 0) is 57.9 Å². The molecule has 8 heteroatoms. The molecule has 3 heterocycles. The van der Waals surface area contributed by atoms with Crippen LogP contribution in [0.2, 0.25) is 0 Å². The van der Waals surface area contributed by atoms with Crippen LogP contribution in [0.3, 0.4) is 0 Å². The molecule has 3 aromatic rings. The minimum Gasteiger partial charge on any atom is -0.444 e. The van der Waals surface area contributed by atoms with Crippen molar-refractivity contribution in [3.63, 3.8) is 0 Å². The summed E-state index contributed by atoms with van der Waals surface area (Å²) in [5, 5.41) is 0. The van der Waals surface area contributed by atoms with Gasteiger partial charge in [-0.3, -0.25) is 4.79 Å². The Balaban J connectivity index is 1.19. The zero-order valence-corrected chi connectivity index (χ0v) is 21.4. The molecule has 1 atom stereocenters. The van der Waals surface area contributed by atoms with Crippen molar-refractivity contribution in [1.29, 1.82) is 0 Å². The maximum atomic E-state index is 13.3. The lowest BCUT2D eigenvalue weighted by molar-refractivity contribution is -0.137. The number of rotatable bonds is 3. The van der Waals surface area contributed by atoms with E-state index < -0.39 is 5.60 Å². The van der Waals surface area contributed by atoms with E-state index in [0.717, 1.165) is 54.0 Å². The van der Waals surface area contributed by atoms with Gasteiger partial charge in [-0.1, -0.05) is 24.3 Å². The van der Waals surface area contributed by atoms with Gasteiger partial charge in [-0.25, -0.2) is 9.78 Å². The molecule has 0 spiro atoms. The number of aromatic amines is 1. The van der Waals surface area contributed by atoms with Gasteiger partial charge in [0.05, 0.1) is 17.0 Å². The molecular formula is C28H35N5O3. The van der Waals surface area contributed by atoms with Crippen LogP contribution in [-0.2, 0) is 9.53 Å². The number of hydrogen-bond acceptors (Lipinski definition) is 5. The second kappa shape index (κ2) is 9.84. The van der Waals surface area contributed by atoms with Gasteiger partial charge in [-0.15, -0.1) is 0 Å². The molecule has 5 rings (SSSR count). The summed E-state index contributed by atoms with van der Waals surface area (Å²) in [6, 6.07) is 16.4. The Morgan fingerprint density at radius 3 is 2.50 bits per heavy atom. The smallest absolute Gasteiger partial charge is 0.410 e. The number of nitrogens with zero attached hydrogens (tertiary/aromatic N) is 4. The summed E-state index contributed by atoms with van der Waals surface area (Å²) in [7, 11) is 0. The number of aromatic nitrogens is 2. The number of fused-ring (bicyclic) bond motifs is 1. The largest absolute Gasteiger partial charge is 0.444 e. The quantitative estimate of drug-likeness (QED) is 0.585. The summed E-state index contributed by atoms with van der Waals surface area (Å²) in [5.74, 6) is 0.854. The summed E-state index contributed by atoms with van der Waals surface area (Å²) >= 11 is 0. The highest BCUT2D eigenvalue weighted by Gasteiger charge is 2.34. The minimum absolute atomic E-state index is 0.152. The van der Waals surface area contributed by atoms with Crippen molar-refractivity contribution in [2.45, 2.75) is 39.2 Å². The molecule has 190 valence electrons. The average molecular weight is 490 g/mol. The van der Waals surface area contributed by atoms with Crippen LogP contribution in [0.4, 0.5) is 10.5 Å². The third-order valence-electron chi connectivity index (χ3n) is 6.89. The van der Waals surface area contributed by atoms with Crippen molar-refractivity contribution in [3.8, 4) is 11.4 Å². The molecule has 1 N–H and O–H groups in total. The predicted octanol–water partition coefficient (Wildman–Crippen LogP) is 4.53. The molecule has 0 bridgehead atoms. The van der Waals surface area contributed by atoms with E-state index in [1.807, 2.05) is 49.9 Å². The Kier molecular flexibility index (Phi) is 6.60. The summed E-state index contributed by atoms with van der Waals surface area (Å²) in [5.41, 5.74) is 3.63. The molecule has 8 nitrogen and oxygen atoms in total. The van der Waals surface area contributed by atoms with Crippen LogP contribution in [0, 0.1) is 5.92 Å². The van der Waals surface area contributed by atoms with Crippen molar-refractivity contribution >= 4 is 28.7 Å². The van der Waals surface area contributed by atoms with E-state index in [0.29, 0.717) is 26.2 Å². The van der Waals surface area contributed by atoms with E-state index in [1.165, 1.54) is 0 Å². The molecular weight excluding hydrogens is 454 g/mol. The zero-order valence-electron chi connectivity index (χ0n) is 21.4. The fraction of sp³-hybridized carbons (Fsp3) is 0.464. The molecule has 0 unspecified atom stereocenters. The van der Waals surface area contributed by atoms with Crippen molar-refractivity contribution in [1.82, 2.24) is 19.8 Å². The molecule has 2 aromatic carbocycles. The van der Waals surface area contributed by atoms with Crippen LogP contribution >= 0.6 is 0 Å². The second-order valence-electron chi connectivity index (χ2n) is 10.7. The van der Waals surface area contributed by atoms with Gasteiger partial charge in [0.15, 0.2) is 0 Å². The van der Waals surface area contributed by atoms with Gasteiger partial charge in [0.2, 0.25) is 5.91 Å². The maximum Gasteiger partial charge on any atom is 0.410 e. The number of ether oxygens (including phenoxy) is 1. The Labute approximate surface area is 212 Å². The first kappa shape index (κ1) is 24.2. The number of benzene rings is 2. The van der Waals surface area contributed by atoms with Crippen LogP contribution in [0.5, 0.6) is 0 Å². The third-order valence-corrected chi connectivity index (χ3v) is 6.89. The monoisotopic (exact) mass is 489 g/mol. The normalized spacial score (nSPS) is 19.0. The van der Waals surface area contributed by atoms with Crippen LogP contribution in [0.15, 0.2) is 48.5 Å². The lowest BCUT2D eigenvalue weighted by Crippen LogP contribution is -2.53. The molecule has 2 saturated heterocycles. The number of piperidine rings is 1. The number of carbonyl (C=O) groups excluding carboxylic acids is 2. The molecule has 2 fully saturated rings. The first-order chi connectivity index (χ1) is 17.3. The predicted molar refractivity (Wildman–Crippen MR) is 141 cm³/mol. The Bertz CT molecular complexity index is 1210. The summed E-state index contributed by atoms with van der Waals surface area (Å²) in [6.45, 7) is 9.58. The van der Waals surface area contributed by atoms with Crippen LogP contribution < -0.4 is 4.90 Å². The van der Waals surface area contributed by atoms with E-state index in [9.17, 15) is 9.59 Å². The van der Waals surface area contributed by atoms with Crippen LogP contribution in [0.25, 0.3) is 22.4 Å². The highest BCUT2D eigenvalue weighted by atomic mass is 16.6. The highest BCUT2D eigenvalue weighted by Crippen LogP contribution is 2.27. The number of para-hydroxylation sites is 2. The standard InChI is InChI=1S/C28H35N5O3/c1-28(2,3)36-27(35)33-13-7-9-21(19-33)26(34)32-16-14-31(15-17-32)22-10-6-8-20(18-22)25-29-23-11-4-5-12-24(23)30-25/h4-6,8,10-12,18,21H,7,9,13-17,19H2,1-3H3,(H,29,30)/t21-/m1/s1. The Morgan fingerprint density at radius 2 is 1.75 bits per heavy atom. The number of carbonyl (C=O) groups is 2. The van der Waals surface area contributed by atoms with E-state index in [-0.39, 0.29) is 17.9 Å². The van der Waals surface area contributed by atoms with E-state index in [2.05, 4.69) is 34.1 Å². The number of nitrogens with one attached hydrogen (secondary N) is 1. The summed E-state index contributed by atoms with van der Waals surface area (Å²) < 4.78 is 5.52. The number of hydrogen-bond donors (Lipinski definition) is 1. The van der Waals surface area contributed by atoms with Gasteiger partial charge >= 0.3 is 6.09 Å². The third kappa shape index (κ3) is 5.32. The topological polar surface area (TPSA) is 81.8 Å². The molecule has 1 aromatic heterocycles.